The zero-order valence-corrected chi connectivity index (χ0v) is 6.49. The summed E-state index contributed by atoms with van der Waals surface area (Å²) in [4.78, 5) is 10.5. The molecule has 1 aliphatic carbocycles. The first-order valence-corrected chi connectivity index (χ1v) is 4.07. The fourth-order valence-corrected chi connectivity index (χ4v) is 1.59. The SMILES string of the molecule is O=C(O)[C@H]1CC[C@@H](CO)CC1. The van der Waals surface area contributed by atoms with Gasteiger partial charge in [-0.25, -0.2) is 0 Å². The highest BCUT2D eigenvalue weighted by molar-refractivity contribution is 5.69. The van der Waals surface area contributed by atoms with E-state index in [1.165, 1.54) is 0 Å². The summed E-state index contributed by atoms with van der Waals surface area (Å²) in [5.41, 5.74) is 0. The van der Waals surface area contributed by atoms with Crippen LogP contribution in [0.5, 0.6) is 0 Å². The molecule has 0 aromatic rings. The van der Waals surface area contributed by atoms with Crippen molar-refractivity contribution in [2.75, 3.05) is 6.61 Å². The van der Waals surface area contributed by atoms with E-state index in [-0.39, 0.29) is 12.5 Å². The highest BCUT2D eigenvalue weighted by atomic mass is 16.4. The van der Waals surface area contributed by atoms with Crippen molar-refractivity contribution in [2.45, 2.75) is 25.7 Å². The van der Waals surface area contributed by atoms with Gasteiger partial charge >= 0.3 is 5.97 Å². The van der Waals surface area contributed by atoms with Crippen LogP contribution in [-0.4, -0.2) is 22.8 Å². The molecule has 0 aromatic heterocycles. The number of aliphatic hydroxyl groups excluding tert-OH is 1. The minimum absolute atomic E-state index is 0.155. The third-order valence-electron chi connectivity index (χ3n) is 2.45. The monoisotopic (exact) mass is 158 g/mol. The van der Waals surface area contributed by atoms with Crippen molar-refractivity contribution in [1.82, 2.24) is 0 Å². The maximum Gasteiger partial charge on any atom is 0.306 e. The summed E-state index contributed by atoms with van der Waals surface area (Å²) in [6.07, 6.45) is 3.21. The number of aliphatic hydroxyl groups is 1. The van der Waals surface area contributed by atoms with Crippen LogP contribution < -0.4 is 0 Å². The smallest absolute Gasteiger partial charge is 0.306 e. The van der Waals surface area contributed by atoms with Crippen LogP contribution in [0, 0.1) is 11.8 Å². The number of carboxylic acid groups (broad SMARTS) is 1. The highest BCUT2D eigenvalue weighted by Gasteiger charge is 2.24. The molecule has 0 unspecified atom stereocenters. The topological polar surface area (TPSA) is 57.5 Å². The van der Waals surface area contributed by atoms with Gasteiger partial charge in [0.2, 0.25) is 0 Å². The Kier molecular flexibility index (Phi) is 2.88. The fourth-order valence-electron chi connectivity index (χ4n) is 1.59. The highest BCUT2D eigenvalue weighted by Crippen LogP contribution is 2.28. The lowest BCUT2D eigenvalue weighted by molar-refractivity contribution is -0.143. The molecule has 11 heavy (non-hydrogen) atoms. The Balaban J connectivity index is 2.30. The maximum atomic E-state index is 10.5. The number of hydrogen-bond acceptors (Lipinski definition) is 2. The van der Waals surface area contributed by atoms with E-state index in [1.54, 1.807) is 0 Å². The summed E-state index contributed by atoms with van der Waals surface area (Å²) in [5.74, 6) is -0.482. The van der Waals surface area contributed by atoms with Crippen LogP contribution in [0.4, 0.5) is 0 Å². The van der Waals surface area contributed by atoms with Crippen molar-refractivity contribution in [3.63, 3.8) is 0 Å². The number of rotatable bonds is 2. The molecule has 64 valence electrons. The zero-order valence-electron chi connectivity index (χ0n) is 6.49. The van der Waals surface area contributed by atoms with Gasteiger partial charge in [-0.15, -0.1) is 0 Å². The molecule has 1 aliphatic rings. The quantitative estimate of drug-likeness (QED) is 0.627. The van der Waals surface area contributed by atoms with Crippen LogP contribution in [0.2, 0.25) is 0 Å². The fraction of sp³-hybridized carbons (Fsp3) is 0.875. The lowest BCUT2D eigenvalue weighted by Gasteiger charge is -2.24. The molecule has 3 heteroatoms. The summed E-state index contributed by atoms with van der Waals surface area (Å²) in [6, 6.07) is 0. The Morgan fingerprint density at radius 1 is 1.27 bits per heavy atom. The van der Waals surface area contributed by atoms with Crippen molar-refractivity contribution in [1.29, 1.82) is 0 Å². The number of carboxylic acids is 1. The summed E-state index contributed by atoms with van der Waals surface area (Å²) in [7, 11) is 0. The molecular formula is C8H14O3. The van der Waals surface area contributed by atoms with Crippen LogP contribution in [-0.2, 0) is 4.79 Å². The summed E-state index contributed by atoms with van der Waals surface area (Å²) in [6.45, 7) is 0.215. The Labute approximate surface area is 66.0 Å². The first-order chi connectivity index (χ1) is 5.24. The molecule has 0 aromatic carbocycles. The molecule has 0 spiro atoms. The first kappa shape index (κ1) is 8.53. The predicted octanol–water partition coefficient (Wildman–Crippen LogP) is 0.870. The standard InChI is InChI=1S/C8H14O3/c9-5-6-1-3-7(4-2-6)8(10)11/h6-7,9H,1-5H2,(H,10,11)/t6-,7+. The van der Waals surface area contributed by atoms with Crippen molar-refractivity contribution in [2.24, 2.45) is 11.8 Å². The minimum Gasteiger partial charge on any atom is -0.481 e. The molecular weight excluding hydrogens is 144 g/mol. The summed E-state index contributed by atoms with van der Waals surface area (Å²) >= 11 is 0. The average Bonchev–Trinajstić information content (AvgIpc) is 2.05. The normalized spacial score (nSPS) is 31.7. The van der Waals surface area contributed by atoms with E-state index in [0.29, 0.717) is 5.92 Å². The van der Waals surface area contributed by atoms with Crippen LogP contribution in [0.1, 0.15) is 25.7 Å². The Hall–Kier alpha value is -0.570. The molecule has 0 atom stereocenters. The molecule has 1 saturated carbocycles. The molecule has 0 saturated heterocycles. The van der Waals surface area contributed by atoms with E-state index in [0.717, 1.165) is 25.7 Å². The Bertz CT molecular complexity index is 136. The molecule has 3 nitrogen and oxygen atoms in total. The molecule has 0 radical (unpaired) electrons. The van der Waals surface area contributed by atoms with Gasteiger partial charge in [-0.05, 0) is 31.6 Å². The molecule has 1 fully saturated rings. The van der Waals surface area contributed by atoms with Crippen LogP contribution in [0.15, 0.2) is 0 Å². The van der Waals surface area contributed by atoms with E-state index in [9.17, 15) is 4.79 Å². The van der Waals surface area contributed by atoms with E-state index >= 15 is 0 Å². The van der Waals surface area contributed by atoms with Crippen molar-refractivity contribution < 1.29 is 15.0 Å². The number of hydrogen-bond donors (Lipinski definition) is 2. The van der Waals surface area contributed by atoms with E-state index in [2.05, 4.69) is 0 Å². The molecule has 0 aliphatic heterocycles. The predicted molar refractivity (Wildman–Crippen MR) is 40.2 cm³/mol. The molecule has 0 amide bonds. The molecule has 0 bridgehead atoms. The van der Waals surface area contributed by atoms with Gasteiger partial charge in [-0.3, -0.25) is 4.79 Å². The summed E-state index contributed by atoms with van der Waals surface area (Å²) < 4.78 is 0. The Morgan fingerprint density at radius 3 is 2.18 bits per heavy atom. The second kappa shape index (κ2) is 3.72. The van der Waals surface area contributed by atoms with Gasteiger partial charge in [0.15, 0.2) is 0 Å². The third-order valence-corrected chi connectivity index (χ3v) is 2.45. The van der Waals surface area contributed by atoms with Gasteiger partial charge < -0.3 is 10.2 Å². The second-order valence-electron chi connectivity index (χ2n) is 3.24. The average molecular weight is 158 g/mol. The van der Waals surface area contributed by atoms with Crippen LogP contribution in [0.3, 0.4) is 0 Å². The first-order valence-electron chi connectivity index (χ1n) is 4.07. The molecule has 0 heterocycles. The number of carbonyl (C=O) groups is 1. The van der Waals surface area contributed by atoms with Crippen molar-refractivity contribution >= 4 is 5.97 Å². The van der Waals surface area contributed by atoms with Gasteiger partial charge in [0.1, 0.15) is 0 Å². The zero-order chi connectivity index (χ0) is 8.27. The van der Waals surface area contributed by atoms with Crippen molar-refractivity contribution in [3.8, 4) is 0 Å². The van der Waals surface area contributed by atoms with Crippen LogP contribution >= 0.6 is 0 Å². The Morgan fingerprint density at radius 2 is 1.82 bits per heavy atom. The van der Waals surface area contributed by atoms with E-state index < -0.39 is 5.97 Å². The van der Waals surface area contributed by atoms with E-state index in [4.69, 9.17) is 10.2 Å². The largest absolute Gasteiger partial charge is 0.481 e. The molecule has 1 rings (SSSR count). The van der Waals surface area contributed by atoms with Gasteiger partial charge in [0, 0.05) is 6.61 Å². The van der Waals surface area contributed by atoms with Gasteiger partial charge in [-0.2, -0.15) is 0 Å². The van der Waals surface area contributed by atoms with Crippen LogP contribution in [0.25, 0.3) is 0 Å². The minimum atomic E-state index is -0.679. The van der Waals surface area contributed by atoms with E-state index in [1.807, 2.05) is 0 Å². The van der Waals surface area contributed by atoms with Gasteiger partial charge in [0.25, 0.3) is 0 Å². The number of aliphatic carboxylic acids is 1. The lowest BCUT2D eigenvalue weighted by Crippen LogP contribution is -2.22. The third kappa shape index (κ3) is 2.19. The van der Waals surface area contributed by atoms with Crippen molar-refractivity contribution in [3.05, 3.63) is 0 Å². The summed E-state index contributed by atoms with van der Waals surface area (Å²) in [5, 5.41) is 17.4. The maximum absolute atomic E-state index is 10.5. The molecule has 2 N–H and O–H groups in total. The second-order valence-corrected chi connectivity index (χ2v) is 3.24. The lowest BCUT2D eigenvalue weighted by atomic mass is 9.82. The van der Waals surface area contributed by atoms with Gasteiger partial charge in [0.05, 0.1) is 5.92 Å². The van der Waals surface area contributed by atoms with Gasteiger partial charge in [-0.1, -0.05) is 0 Å².